The van der Waals surface area contributed by atoms with Crippen LogP contribution in [0.15, 0.2) is 47.4 Å². The van der Waals surface area contributed by atoms with E-state index in [1.54, 1.807) is 17.9 Å². The fourth-order valence-corrected chi connectivity index (χ4v) is 4.72. The standard InChI is InChI=1S/C27H35N5O3/c1-6-21-25(29-22-16-31(17-23(22)35-8-3)24-11-9-10-14-28-24)27(33)32(7-2)26(30-21)20-13-12-19(34-5)15-18(20)4/h9-15,22-23,29H,6-8,16-17H2,1-5H3/t22-,23-/m1/s1. The molecular weight excluding hydrogens is 442 g/mol. The van der Waals surface area contributed by atoms with E-state index in [-0.39, 0.29) is 17.7 Å². The van der Waals surface area contributed by atoms with Crippen LogP contribution in [-0.2, 0) is 17.7 Å². The number of anilines is 2. The summed E-state index contributed by atoms with van der Waals surface area (Å²) in [7, 11) is 1.65. The number of ether oxygens (including phenoxy) is 2. The Balaban J connectivity index is 1.71. The van der Waals surface area contributed by atoms with Gasteiger partial charge < -0.3 is 19.7 Å². The first kappa shape index (κ1) is 24.7. The molecule has 8 heteroatoms. The lowest BCUT2D eigenvalue weighted by atomic mass is 10.1. The Hall–Kier alpha value is -3.39. The van der Waals surface area contributed by atoms with Gasteiger partial charge in [0.1, 0.15) is 23.1 Å². The van der Waals surface area contributed by atoms with Crippen molar-refractivity contribution in [2.45, 2.75) is 52.8 Å². The third-order valence-corrected chi connectivity index (χ3v) is 6.52. The first-order valence-corrected chi connectivity index (χ1v) is 12.3. The molecule has 1 aliphatic rings. The highest BCUT2D eigenvalue weighted by Gasteiger charge is 2.35. The summed E-state index contributed by atoms with van der Waals surface area (Å²) in [5, 5.41) is 3.54. The largest absolute Gasteiger partial charge is 0.497 e. The maximum atomic E-state index is 13.8. The van der Waals surface area contributed by atoms with Crippen molar-refractivity contribution in [3.05, 3.63) is 64.2 Å². The van der Waals surface area contributed by atoms with Crippen molar-refractivity contribution >= 4 is 11.5 Å². The molecule has 1 N–H and O–H groups in total. The molecule has 2 aromatic heterocycles. The van der Waals surface area contributed by atoms with Crippen molar-refractivity contribution in [2.24, 2.45) is 0 Å². The van der Waals surface area contributed by atoms with Gasteiger partial charge in [0.25, 0.3) is 5.56 Å². The normalized spacial score (nSPS) is 17.6. The van der Waals surface area contributed by atoms with Gasteiger partial charge in [-0.1, -0.05) is 13.0 Å². The number of hydrogen-bond donors (Lipinski definition) is 1. The van der Waals surface area contributed by atoms with E-state index in [1.165, 1.54) is 0 Å². The van der Waals surface area contributed by atoms with Crippen molar-refractivity contribution < 1.29 is 9.47 Å². The zero-order valence-electron chi connectivity index (χ0n) is 21.2. The molecule has 0 unspecified atom stereocenters. The van der Waals surface area contributed by atoms with Gasteiger partial charge in [-0.3, -0.25) is 9.36 Å². The van der Waals surface area contributed by atoms with Crippen molar-refractivity contribution in [1.29, 1.82) is 0 Å². The predicted octanol–water partition coefficient (Wildman–Crippen LogP) is 3.91. The molecule has 3 heterocycles. The minimum absolute atomic E-state index is 0.0592. The van der Waals surface area contributed by atoms with Crippen LogP contribution in [0.5, 0.6) is 5.75 Å². The van der Waals surface area contributed by atoms with E-state index in [4.69, 9.17) is 14.5 Å². The van der Waals surface area contributed by atoms with Gasteiger partial charge >= 0.3 is 0 Å². The lowest BCUT2D eigenvalue weighted by Gasteiger charge is -2.23. The zero-order chi connectivity index (χ0) is 24.9. The molecule has 8 nitrogen and oxygen atoms in total. The highest BCUT2D eigenvalue weighted by molar-refractivity contribution is 5.64. The maximum Gasteiger partial charge on any atom is 0.277 e. The Morgan fingerprint density at radius 3 is 2.60 bits per heavy atom. The van der Waals surface area contributed by atoms with Gasteiger partial charge in [0, 0.05) is 38.0 Å². The fourth-order valence-electron chi connectivity index (χ4n) is 4.72. The number of nitrogens with one attached hydrogen (secondary N) is 1. The van der Waals surface area contributed by atoms with E-state index >= 15 is 0 Å². The van der Waals surface area contributed by atoms with Crippen LogP contribution < -0.4 is 20.5 Å². The minimum atomic E-state index is -0.0651. The quantitative estimate of drug-likeness (QED) is 0.500. The van der Waals surface area contributed by atoms with E-state index in [2.05, 4.69) is 15.2 Å². The van der Waals surface area contributed by atoms with Crippen LogP contribution >= 0.6 is 0 Å². The second kappa shape index (κ2) is 10.9. The Labute approximate surface area is 206 Å². The van der Waals surface area contributed by atoms with E-state index in [0.717, 1.165) is 28.4 Å². The summed E-state index contributed by atoms with van der Waals surface area (Å²) in [5.74, 6) is 2.38. The zero-order valence-corrected chi connectivity index (χ0v) is 21.2. The van der Waals surface area contributed by atoms with Gasteiger partial charge in [-0.15, -0.1) is 0 Å². The average Bonchev–Trinajstić information content (AvgIpc) is 3.28. The number of methoxy groups -OCH3 is 1. The van der Waals surface area contributed by atoms with Gasteiger partial charge in [-0.2, -0.15) is 0 Å². The number of pyridine rings is 1. The highest BCUT2D eigenvalue weighted by atomic mass is 16.5. The molecule has 35 heavy (non-hydrogen) atoms. The van der Waals surface area contributed by atoms with Crippen LogP contribution in [0.3, 0.4) is 0 Å². The van der Waals surface area contributed by atoms with Gasteiger partial charge in [0.05, 0.1) is 24.9 Å². The first-order chi connectivity index (χ1) is 17.0. The number of benzene rings is 1. The monoisotopic (exact) mass is 477 g/mol. The van der Waals surface area contributed by atoms with Crippen molar-refractivity contribution in [3.63, 3.8) is 0 Å². The maximum absolute atomic E-state index is 13.8. The van der Waals surface area contributed by atoms with E-state index in [1.807, 2.05) is 64.1 Å². The molecule has 4 rings (SSSR count). The lowest BCUT2D eigenvalue weighted by molar-refractivity contribution is 0.0719. The van der Waals surface area contributed by atoms with Crippen molar-refractivity contribution in [2.75, 3.05) is 37.0 Å². The number of hydrogen-bond acceptors (Lipinski definition) is 7. The summed E-state index contributed by atoms with van der Waals surface area (Å²) in [6, 6.07) is 11.7. The van der Waals surface area contributed by atoms with Crippen LogP contribution in [0.1, 0.15) is 32.0 Å². The number of nitrogens with zero attached hydrogens (tertiary/aromatic N) is 4. The Kier molecular flexibility index (Phi) is 7.70. The summed E-state index contributed by atoms with van der Waals surface area (Å²) in [6.07, 6.45) is 2.37. The smallest absolute Gasteiger partial charge is 0.277 e. The van der Waals surface area contributed by atoms with Crippen LogP contribution in [0.4, 0.5) is 11.5 Å². The molecular formula is C27H35N5O3. The lowest BCUT2D eigenvalue weighted by Crippen LogP contribution is -2.38. The fraction of sp³-hybridized carbons (Fsp3) is 0.444. The third-order valence-electron chi connectivity index (χ3n) is 6.52. The summed E-state index contributed by atoms with van der Waals surface area (Å²) in [4.78, 5) is 25.5. The summed E-state index contributed by atoms with van der Waals surface area (Å²) >= 11 is 0. The molecule has 1 saturated heterocycles. The molecule has 3 aromatic rings. The first-order valence-electron chi connectivity index (χ1n) is 12.3. The molecule has 0 radical (unpaired) electrons. The van der Waals surface area contributed by atoms with Gasteiger partial charge in [-0.25, -0.2) is 9.97 Å². The molecule has 186 valence electrons. The van der Waals surface area contributed by atoms with E-state index in [9.17, 15) is 4.79 Å². The second-order valence-corrected chi connectivity index (χ2v) is 8.68. The van der Waals surface area contributed by atoms with Gasteiger partial charge in [-0.05, 0) is 63.1 Å². The Morgan fingerprint density at radius 2 is 1.97 bits per heavy atom. The van der Waals surface area contributed by atoms with Crippen LogP contribution in [0.2, 0.25) is 0 Å². The van der Waals surface area contributed by atoms with E-state index < -0.39 is 0 Å². The van der Waals surface area contributed by atoms with Crippen molar-refractivity contribution in [1.82, 2.24) is 14.5 Å². The molecule has 2 atom stereocenters. The third kappa shape index (κ3) is 5.03. The molecule has 0 bridgehead atoms. The average molecular weight is 478 g/mol. The van der Waals surface area contributed by atoms with Gasteiger partial charge in [0.2, 0.25) is 0 Å². The molecule has 1 aliphatic heterocycles. The SMILES string of the molecule is CCO[C@@H]1CN(c2ccccn2)C[C@H]1Nc1c(CC)nc(-c2ccc(OC)cc2C)n(CC)c1=O. The van der Waals surface area contributed by atoms with Crippen LogP contribution in [0.25, 0.3) is 11.4 Å². The van der Waals surface area contributed by atoms with Crippen molar-refractivity contribution in [3.8, 4) is 17.1 Å². The van der Waals surface area contributed by atoms with Crippen LogP contribution in [0, 0.1) is 6.92 Å². The topological polar surface area (TPSA) is 81.5 Å². The molecule has 0 amide bonds. The van der Waals surface area contributed by atoms with Crippen LogP contribution in [-0.4, -0.2) is 53.5 Å². The summed E-state index contributed by atoms with van der Waals surface area (Å²) in [6.45, 7) is 10.5. The molecule has 1 aromatic carbocycles. The molecule has 1 fully saturated rings. The molecule has 0 aliphatic carbocycles. The van der Waals surface area contributed by atoms with Gasteiger partial charge in [0.15, 0.2) is 0 Å². The van der Waals surface area contributed by atoms with E-state index in [0.29, 0.717) is 44.2 Å². The minimum Gasteiger partial charge on any atom is -0.497 e. The number of aryl methyl sites for hydroxylation is 2. The predicted molar refractivity (Wildman–Crippen MR) is 140 cm³/mol. The number of aromatic nitrogens is 3. The Bertz CT molecular complexity index is 1210. The summed E-state index contributed by atoms with van der Waals surface area (Å²) < 4.78 is 13.2. The highest BCUT2D eigenvalue weighted by Crippen LogP contribution is 2.28. The second-order valence-electron chi connectivity index (χ2n) is 8.68. The molecule has 0 saturated carbocycles. The summed E-state index contributed by atoms with van der Waals surface area (Å²) in [5.41, 5.74) is 3.20. The number of rotatable bonds is 9. The Morgan fingerprint density at radius 1 is 1.14 bits per heavy atom. The molecule has 0 spiro atoms.